The molecule has 0 bridgehead atoms. The van der Waals surface area contributed by atoms with Gasteiger partial charge in [0, 0.05) is 13.0 Å². The number of rotatable bonds is 3. The normalized spacial score (nSPS) is 9.07. The van der Waals surface area contributed by atoms with Crippen molar-refractivity contribution in [2.75, 3.05) is 11.9 Å². The van der Waals surface area contributed by atoms with Gasteiger partial charge in [-0.3, -0.25) is 4.98 Å². The van der Waals surface area contributed by atoms with Crippen LogP contribution in [-0.4, -0.2) is 16.5 Å². The second-order valence-electron chi connectivity index (χ2n) is 3.03. The average Bonchev–Trinajstić information content (AvgIpc) is 2.18. The molecule has 0 aliphatic heterocycles. The molecule has 0 saturated heterocycles. The first-order valence-electron chi connectivity index (χ1n) is 4.67. The topological polar surface area (TPSA) is 37.8 Å². The van der Waals surface area contributed by atoms with Crippen LogP contribution in [0.15, 0.2) is 6.20 Å². The molecule has 0 spiro atoms. The second kappa shape index (κ2) is 5.23. The molecular formula is C11H15N3. The number of hydrogen-bond acceptors (Lipinski definition) is 3. The van der Waals surface area contributed by atoms with Crippen LogP contribution in [0.2, 0.25) is 0 Å². The predicted molar refractivity (Wildman–Crippen MR) is 58.1 cm³/mol. The minimum absolute atomic E-state index is 0.817. The molecule has 1 heterocycles. The summed E-state index contributed by atoms with van der Waals surface area (Å²) in [6.45, 7) is 6.57. The zero-order valence-corrected chi connectivity index (χ0v) is 8.89. The number of aryl methyl sites for hydroxylation is 2. The molecule has 1 aromatic heterocycles. The van der Waals surface area contributed by atoms with Crippen molar-refractivity contribution in [3.05, 3.63) is 17.6 Å². The van der Waals surface area contributed by atoms with Gasteiger partial charge in [0.2, 0.25) is 0 Å². The molecule has 0 aliphatic carbocycles. The largest absolute Gasteiger partial charge is 0.368 e. The molecule has 74 valence electrons. The molecular weight excluding hydrogens is 174 g/mol. The summed E-state index contributed by atoms with van der Waals surface area (Å²) in [6, 6.07) is 0. The summed E-state index contributed by atoms with van der Waals surface area (Å²) in [7, 11) is 0. The molecule has 3 heteroatoms. The maximum Gasteiger partial charge on any atom is 0.144 e. The zero-order chi connectivity index (χ0) is 10.4. The van der Waals surface area contributed by atoms with Crippen LogP contribution in [0, 0.1) is 25.7 Å². The molecule has 3 nitrogen and oxygen atoms in total. The fourth-order valence-corrected chi connectivity index (χ4v) is 1.01. The Morgan fingerprint density at radius 1 is 1.36 bits per heavy atom. The number of nitrogens with one attached hydrogen (secondary N) is 1. The molecule has 0 atom stereocenters. The molecule has 1 aromatic rings. The quantitative estimate of drug-likeness (QED) is 0.583. The van der Waals surface area contributed by atoms with E-state index in [1.807, 2.05) is 20.8 Å². The minimum Gasteiger partial charge on any atom is -0.368 e. The van der Waals surface area contributed by atoms with Gasteiger partial charge >= 0.3 is 0 Å². The van der Waals surface area contributed by atoms with Crippen LogP contribution >= 0.6 is 0 Å². The second-order valence-corrected chi connectivity index (χ2v) is 3.03. The van der Waals surface area contributed by atoms with E-state index < -0.39 is 0 Å². The summed E-state index contributed by atoms with van der Waals surface area (Å²) in [5, 5.41) is 3.17. The van der Waals surface area contributed by atoms with Crippen molar-refractivity contribution in [3.8, 4) is 11.8 Å². The van der Waals surface area contributed by atoms with Crippen molar-refractivity contribution >= 4 is 5.82 Å². The van der Waals surface area contributed by atoms with Crippen LogP contribution in [0.4, 0.5) is 5.82 Å². The third-order valence-electron chi connectivity index (χ3n) is 1.93. The summed E-state index contributed by atoms with van der Waals surface area (Å²) >= 11 is 0. The maximum atomic E-state index is 4.35. The van der Waals surface area contributed by atoms with E-state index in [1.54, 1.807) is 6.20 Å². The summed E-state index contributed by atoms with van der Waals surface area (Å²) in [5.41, 5.74) is 1.94. The Bertz CT molecular complexity index is 361. The smallest absolute Gasteiger partial charge is 0.144 e. The average molecular weight is 189 g/mol. The molecule has 0 aromatic carbocycles. The molecule has 1 N–H and O–H groups in total. The molecule has 0 fully saturated rings. The van der Waals surface area contributed by atoms with Crippen LogP contribution < -0.4 is 5.32 Å². The Hall–Kier alpha value is -1.56. The lowest BCUT2D eigenvalue weighted by molar-refractivity contribution is 1.01. The van der Waals surface area contributed by atoms with E-state index in [4.69, 9.17) is 0 Å². The molecule has 0 radical (unpaired) electrons. The van der Waals surface area contributed by atoms with Crippen LogP contribution in [0.5, 0.6) is 0 Å². The van der Waals surface area contributed by atoms with Gasteiger partial charge in [0.1, 0.15) is 5.82 Å². The van der Waals surface area contributed by atoms with Gasteiger partial charge in [0.15, 0.2) is 0 Å². The van der Waals surface area contributed by atoms with E-state index in [2.05, 4.69) is 27.1 Å². The van der Waals surface area contributed by atoms with Crippen molar-refractivity contribution in [1.29, 1.82) is 0 Å². The van der Waals surface area contributed by atoms with Crippen LogP contribution in [-0.2, 0) is 0 Å². The van der Waals surface area contributed by atoms with Crippen molar-refractivity contribution in [1.82, 2.24) is 9.97 Å². The lowest BCUT2D eigenvalue weighted by Gasteiger charge is -2.04. The molecule has 14 heavy (non-hydrogen) atoms. The predicted octanol–water partition coefficient (Wildman–Crippen LogP) is 1.92. The number of hydrogen-bond donors (Lipinski definition) is 1. The monoisotopic (exact) mass is 189 g/mol. The number of anilines is 1. The summed E-state index contributed by atoms with van der Waals surface area (Å²) in [4.78, 5) is 8.57. The Balaban J connectivity index is 2.50. The third kappa shape index (κ3) is 3.06. The van der Waals surface area contributed by atoms with Crippen LogP contribution in [0.25, 0.3) is 0 Å². The van der Waals surface area contributed by atoms with Crippen molar-refractivity contribution in [2.24, 2.45) is 0 Å². The summed E-state index contributed by atoms with van der Waals surface area (Å²) < 4.78 is 0. The SMILES string of the molecule is CC#CCCNc1cnc(C)c(C)n1. The zero-order valence-electron chi connectivity index (χ0n) is 8.89. The van der Waals surface area contributed by atoms with E-state index >= 15 is 0 Å². The minimum atomic E-state index is 0.817. The van der Waals surface area contributed by atoms with Gasteiger partial charge in [0.05, 0.1) is 17.6 Å². The van der Waals surface area contributed by atoms with Crippen molar-refractivity contribution in [2.45, 2.75) is 27.2 Å². The summed E-state index contributed by atoms with van der Waals surface area (Å²) in [6.07, 6.45) is 2.59. The van der Waals surface area contributed by atoms with Crippen molar-refractivity contribution in [3.63, 3.8) is 0 Å². The molecule has 1 rings (SSSR count). The van der Waals surface area contributed by atoms with Gasteiger partial charge < -0.3 is 5.32 Å². The van der Waals surface area contributed by atoms with E-state index in [9.17, 15) is 0 Å². The highest BCUT2D eigenvalue weighted by atomic mass is 15.0. The lowest BCUT2D eigenvalue weighted by atomic mass is 10.3. The molecule has 0 aliphatic rings. The van der Waals surface area contributed by atoms with Gasteiger partial charge in [0.25, 0.3) is 0 Å². The fraction of sp³-hybridized carbons (Fsp3) is 0.455. The van der Waals surface area contributed by atoms with Gasteiger partial charge in [-0.25, -0.2) is 4.98 Å². The van der Waals surface area contributed by atoms with E-state index in [1.165, 1.54) is 0 Å². The lowest BCUT2D eigenvalue weighted by Crippen LogP contribution is -2.04. The highest BCUT2D eigenvalue weighted by Gasteiger charge is 1.97. The highest BCUT2D eigenvalue weighted by Crippen LogP contribution is 2.04. The van der Waals surface area contributed by atoms with E-state index in [0.717, 1.165) is 30.2 Å². The standard InChI is InChI=1S/C11H15N3/c1-4-5-6-7-12-11-8-13-9(2)10(3)14-11/h8H,6-7H2,1-3H3,(H,12,14). The first-order valence-corrected chi connectivity index (χ1v) is 4.67. The number of aromatic nitrogens is 2. The van der Waals surface area contributed by atoms with Crippen LogP contribution in [0.1, 0.15) is 24.7 Å². The third-order valence-corrected chi connectivity index (χ3v) is 1.93. The van der Waals surface area contributed by atoms with Crippen molar-refractivity contribution < 1.29 is 0 Å². The van der Waals surface area contributed by atoms with E-state index in [-0.39, 0.29) is 0 Å². The summed E-state index contributed by atoms with van der Waals surface area (Å²) in [5.74, 6) is 6.66. The molecule has 0 saturated carbocycles. The molecule has 0 amide bonds. The van der Waals surface area contributed by atoms with Crippen LogP contribution in [0.3, 0.4) is 0 Å². The van der Waals surface area contributed by atoms with E-state index in [0.29, 0.717) is 0 Å². The Morgan fingerprint density at radius 2 is 2.14 bits per heavy atom. The first-order chi connectivity index (χ1) is 6.74. The molecule has 0 unspecified atom stereocenters. The van der Waals surface area contributed by atoms with Gasteiger partial charge in [-0.2, -0.15) is 0 Å². The van der Waals surface area contributed by atoms with Gasteiger partial charge in [-0.15, -0.1) is 11.8 Å². The van der Waals surface area contributed by atoms with Gasteiger partial charge in [-0.05, 0) is 20.8 Å². The Morgan fingerprint density at radius 3 is 2.79 bits per heavy atom. The highest BCUT2D eigenvalue weighted by molar-refractivity contribution is 5.33. The van der Waals surface area contributed by atoms with Gasteiger partial charge in [-0.1, -0.05) is 0 Å². The first kappa shape index (κ1) is 10.5. The number of nitrogens with zero attached hydrogens (tertiary/aromatic N) is 2. The maximum absolute atomic E-state index is 4.35. The Labute approximate surface area is 85.0 Å². The fourth-order valence-electron chi connectivity index (χ4n) is 1.01. The Kier molecular flexibility index (Phi) is 3.93.